The number of halogens is 1. The number of carbonyl (C=O) groups excluding carboxylic acids is 1. The number of urea groups is 1. The second-order valence-electron chi connectivity index (χ2n) is 8.96. The predicted molar refractivity (Wildman–Crippen MR) is 130 cm³/mol. The van der Waals surface area contributed by atoms with Crippen molar-refractivity contribution in [3.8, 4) is 17.0 Å². The van der Waals surface area contributed by atoms with E-state index in [0.717, 1.165) is 23.2 Å². The smallest absolute Gasteiger partial charge is 0.319 e. The van der Waals surface area contributed by atoms with E-state index in [2.05, 4.69) is 36.4 Å². The van der Waals surface area contributed by atoms with Gasteiger partial charge in [0.2, 0.25) is 0 Å². The van der Waals surface area contributed by atoms with E-state index in [-0.39, 0.29) is 11.4 Å². The molecule has 0 saturated carbocycles. The third-order valence-corrected chi connectivity index (χ3v) is 5.27. The summed E-state index contributed by atoms with van der Waals surface area (Å²) in [7, 11) is 0. The lowest BCUT2D eigenvalue weighted by atomic mass is 9.97. The number of nitrogens with one attached hydrogen (secondary N) is 2. The molecule has 0 fully saturated rings. The number of hydrogen-bond acceptors (Lipinski definition) is 3. The van der Waals surface area contributed by atoms with Crippen molar-refractivity contribution in [2.75, 3.05) is 18.5 Å². The van der Waals surface area contributed by atoms with Crippen LogP contribution in [0.1, 0.15) is 32.8 Å². The van der Waals surface area contributed by atoms with Gasteiger partial charge in [-0.2, -0.15) is 0 Å². The first-order valence-corrected chi connectivity index (χ1v) is 11.2. The first-order valence-electron chi connectivity index (χ1n) is 10.8. The molecule has 3 rings (SSSR count). The predicted octanol–water partition coefficient (Wildman–Crippen LogP) is 6.15. The summed E-state index contributed by atoms with van der Waals surface area (Å²) >= 11 is 6.52. The number of amides is 2. The highest BCUT2D eigenvalue weighted by Crippen LogP contribution is 2.29. The van der Waals surface area contributed by atoms with E-state index in [0.29, 0.717) is 36.3 Å². The average Bonchev–Trinajstić information content (AvgIpc) is 3.12. The van der Waals surface area contributed by atoms with E-state index in [1.165, 1.54) is 0 Å². The summed E-state index contributed by atoms with van der Waals surface area (Å²) in [5.41, 5.74) is 3.41. The summed E-state index contributed by atoms with van der Waals surface area (Å²) in [6.07, 6.45) is 2.50. The van der Waals surface area contributed by atoms with Gasteiger partial charge in [-0.15, -0.1) is 0 Å². The van der Waals surface area contributed by atoms with Crippen LogP contribution in [-0.4, -0.2) is 28.7 Å². The van der Waals surface area contributed by atoms with Crippen LogP contribution in [0, 0.1) is 12.3 Å². The number of ether oxygens (including phenoxy) is 1. The number of hydrogen-bond donors (Lipinski definition) is 2. The quantitative estimate of drug-likeness (QED) is 0.401. The minimum Gasteiger partial charge on any atom is -0.491 e. The number of rotatable bonds is 8. The maximum atomic E-state index is 12.3. The van der Waals surface area contributed by atoms with E-state index >= 15 is 0 Å². The summed E-state index contributed by atoms with van der Waals surface area (Å²) in [5.74, 6) is 0.651. The molecule has 6 nitrogen and oxygen atoms in total. The molecule has 2 N–H and O–H groups in total. The second kappa shape index (κ2) is 10.6. The van der Waals surface area contributed by atoms with Crippen molar-refractivity contribution in [3.05, 3.63) is 65.6 Å². The van der Waals surface area contributed by atoms with Crippen LogP contribution in [0.25, 0.3) is 11.3 Å². The zero-order valence-corrected chi connectivity index (χ0v) is 19.9. The molecular formula is C25H31ClN4O2. The molecule has 0 saturated heterocycles. The van der Waals surface area contributed by atoms with Gasteiger partial charge in [0, 0.05) is 18.7 Å². The van der Waals surface area contributed by atoms with Gasteiger partial charge in [-0.3, -0.25) is 0 Å². The average molecular weight is 455 g/mol. The molecule has 0 unspecified atom stereocenters. The van der Waals surface area contributed by atoms with Crippen LogP contribution in [0.2, 0.25) is 5.15 Å². The van der Waals surface area contributed by atoms with E-state index in [1.54, 1.807) is 6.33 Å². The first-order chi connectivity index (χ1) is 15.2. The normalized spacial score (nSPS) is 11.3. The Morgan fingerprint density at radius 1 is 1.12 bits per heavy atom. The Morgan fingerprint density at radius 2 is 1.88 bits per heavy atom. The minimum atomic E-state index is -0.238. The molecule has 1 aromatic heterocycles. The van der Waals surface area contributed by atoms with Gasteiger partial charge in [-0.25, -0.2) is 9.78 Å². The standard InChI is InChI=1S/C25H31ClN4O2/c1-18-10-8-13-20(21(18)29-24(31)27-16-25(2,3)4)32-15-9-14-30-17-28-22(23(30)26)19-11-6-5-7-12-19/h5-8,10-13,17H,9,14-16H2,1-4H3,(H2,27,29,31). The van der Waals surface area contributed by atoms with E-state index in [1.807, 2.05) is 60.0 Å². The molecule has 0 bridgehead atoms. The van der Waals surface area contributed by atoms with Crippen molar-refractivity contribution >= 4 is 23.3 Å². The van der Waals surface area contributed by atoms with Crippen LogP contribution in [0.15, 0.2) is 54.9 Å². The van der Waals surface area contributed by atoms with Crippen molar-refractivity contribution in [1.82, 2.24) is 14.9 Å². The molecular weight excluding hydrogens is 424 g/mol. The maximum Gasteiger partial charge on any atom is 0.319 e. The Kier molecular flexibility index (Phi) is 7.80. The van der Waals surface area contributed by atoms with Crippen LogP contribution in [0.3, 0.4) is 0 Å². The van der Waals surface area contributed by atoms with E-state index < -0.39 is 0 Å². The van der Waals surface area contributed by atoms with Gasteiger partial charge in [0.15, 0.2) is 0 Å². The highest BCUT2D eigenvalue weighted by atomic mass is 35.5. The highest BCUT2D eigenvalue weighted by Gasteiger charge is 2.15. The Bertz CT molecular complexity index is 1040. The number of aryl methyl sites for hydroxylation is 2. The highest BCUT2D eigenvalue weighted by molar-refractivity contribution is 6.32. The molecule has 0 atom stereocenters. The number of nitrogens with zero attached hydrogens (tertiary/aromatic N) is 2. The van der Waals surface area contributed by atoms with Crippen molar-refractivity contribution in [2.45, 2.75) is 40.7 Å². The van der Waals surface area contributed by atoms with Gasteiger partial charge < -0.3 is 19.9 Å². The third-order valence-electron chi connectivity index (χ3n) is 4.87. The molecule has 0 aliphatic heterocycles. The Morgan fingerprint density at radius 3 is 2.59 bits per heavy atom. The summed E-state index contributed by atoms with van der Waals surface area (Å²) in [6, 6.07) is 15.4. The molecule has 0 spiro atoms. The molecule has 170 valence electrons. The third kappa shape index (κ3) is 6.50. The van der Waals surface area contributed by atoms with Crippen LogP contribution >= 0.6 is 11.6 Å². The van der Waals surface area contributed by atoms with Crippen molar-refractivity contribution < 1.29 is 9.53 Å². The molecule has 2 aromatic carbocycles. The first kappa shape index (κ1) is 23.7. The molecule has 0 radical (unpaired) electrons. The van der Waals surface area contributed by atoms with Gasteiger partial charge in [0.1, 0.15) is 16.6 Å². The molecule has 32 heavy (non-hydrogen) atoms. The largest absolute Gasteiger partial charge is 0.491 e. The van der Waals surface area contributed by atoms with Crippen molar-refractivity contribution in [1.29, 1.82) is 0 Å². The van der Waals surface area contributed by atoms with E-state index in [9.17, 15) is 4.79 Å². The van der Waals surface area contributed by atoms with E-state index in [4.69, 9.17) is 16.3 Å². The van der Waals surface area contributed by atoms with Gasteiger partial charge in [-0.05, 0) is 30.4 Å². The van der Waals surface area contributed by atoms with Crippen LogP contribution < -0.4 is 15.4 Å². The summed E-state index contributed by atoms with van der Waals surface area (Å²) in [4.78, 5) is 16.8. The fourth-order valence-electron chi connectivity index (χ4n) is 3.15. The monoisotopic (exact) mass is 454 g/mol. The molecule has 0 aliphatic rings. The zero-order chi connectivity index (χ0) is 23.1. The Labute approximate surface area is 195 Å². The van der Waals surface area contributed by atoms with Crippen LogP contribution in [0.5, 0.6) is 5.75 Å². The van der Waals surface area contributed by atoms with Gasteiger partial charge in [-0.1, -0.05) is 74.8 Å². The Hall–Kier alpha value is -2.99. The lowest BCUT2D eigenvalue weighted by Crippen LogP contribution is -2.35. The Balaban J connectivity index is 1.56. The number of aromatic nitrogens is 2. The number of para-hydroxylation sites is 1. The maximum absolute atomic E-state index is 12.3. The second-order valence-corrected chi connectivity index (χ2v) is 9.32. The van der Waals surface area contributed by atoms with Crippen LogP contribution in [0.4, 0.5) is 10.5 Å². The molecule has 7 heteroatoms. The van der Waals surface area contributed by atoms with Gasteiger partial charge in [0.05, 0.1) is 18.6 Å². The summed E-state index contributed by atoms with van der Waals surface area (Å²) < 4.78 is 7.92. The number of carbonyl (C=O) groups is 1. The number of anilines is 1. The SMILES string of the molecule is Cc1cccc(OCCCn2cnc(-c3ccccc3)c2Cl)c1NC(=O)NCC(C)(C)C. The lowest BCUT2D eigenvalue weighted by molar-refractivity contribution is 0.246. The lowest BCUT2D eigenvalue weighted by Gasteiger charge is -2.20. The molecule has 0 aliphatic carbocycles. The zero-order valence-electron chi connectivity index (χ0n) is 19.1. The van der Waals surface area contributed by atoms with Gasteiger partial charge >= 0.3 is 6.03 Å². The van der Waals surface area contributed by atoms with Crippen LogP contribution in [-0.2, 0) is 6.54 Å². The van der Waals surface area contributed by atoms with Crippen molar-refractivity contribution in [3.63, 3.8) is 0 Å². The molecule has 1 heterocycles. The molecule has 2 amide bonds. The molecule has 3 aromatic rings. The van der Waals surface area contributed by atoms with Gasteiger partial charge in [0.25, 0.3) is 0 Å². The fraction of sp³-hybridized carbons (Fsp3) is 0.360. The fourth-order valence-corrected chi connectivity index (χ4v) is 3.44. The summed E-state index contributed by atoms with van der Waals surface area (Å²) in [5, 5.41) is 6.45. The topological polar surface area (TPSA) is 68.2 Å². The number of benzene rings is 2. The summed E-state index contributed by atoms with van der Waals surface area (Å²) in [6.45, 7) is 9.91. The minimum absolute atomic E-state index is 0.0113. The number of imidazole rings is 1. The van der Waals surface area contributed by atoms with Crippen molar-refractivity contribution in [2.24, 2.45) is 5.41 Å².